The van der Waals surface area contributed by atoms with Gasteiger partial charge in [0.15, 0.2) is 0 Å². The molecular formula is C21H30N2O3. The summed E-state index contributed by atoms with van der Waals surface area (Å²) < 4.78 is 5.20. The van der Waals surface area contributed by atoms with E-state index in [9.17, 15) is 9.59 Å². The van der Waals surface area contributed by atoms with Crippen LogP contribution in [0.3, 0.4) is 0 Å². The van der Waals surface area contributed by atoms with E-state index in [0.29, 0.717) is 12.3 Å². The summed E-state index contributed by atoms with van der Waals surface area (Å²) >= 11 is 0. The quantitative estimate of drug-likeness (QED) is 0.786. The summed E-state index contributed by atoms with van der Waals surface area (Å²) in [4.78, 5) is 28.3. The van der Waals surface area contributed by atoms with Gasteiger partial charge in [-0.3, -0.25) is 9.59 Å². The fourth-order valence-corrected chi connectivity index (χ4v) is 3.98. The molecule has 0 radical (unpaired) electrons. The maximum Gasteiger partial charge on any atom is 0.242 e. The number of likely N-dealkylation sites (tertiary alicyclic amines) is 2. The predicted octanol–water partition coefficient (Wildman–Crippen LogP) is 2.88. The van der Waals surface area contributed by atoms with E-state index in [1.807, 2.05) is 17.0 Å². The van der Waals surface area contributed by atoms with Crippen LogP contribution in [0.2, 0.25) is 0 Å². The summed E-state index contributed by atoms with van der Waals surface area (Å²) in [5.74, 6) is 1.69. The first-order chi connectivity index (χ1) is 12.7. The van der Waals surface area contributed by atoms with Gasteiger partial charge in [-0.2, -0.15) is 0 Å². The molecule has 1 aromatic rings. The highest BCUT2D eigenvalue weighted by atomic mass is 16.5. The molecule has 5 heteroatoms. The summed E-state index contributed by atoms with van der Waals surface area (Å²) in [5, 5.41) is 0. The van der Waals surface area contributed by atoms with Crippen molar-refractivity contribution >= 4 is 11.8 Å². The van der Waals surface area contributed by atoms with E-state index >= 15 is 0 Å². The Balaban J connectivity index is 1.46. The van der Waals surface area contributed by atoms with Gasteiger partial charge in [-0.05, 0) is 62.1 Å². The van der Waals surface area contributed by atoms with Crippen molar-refractivity contribution < 1.29 is 14.3 Å². The van der Waals surface area contributed by atoms with Crippen LogP contribution in [0.1, 0.15) is 44.1 Å². The van der Waals surface area contributed by atoms with Crippen molar-refractivity contribution in [1.29, 1.82) is 0 Å². The lowest BCUT2D eigenvalue weighted by Gasteiger charge is -2.35. The smallest absolute Gasteiger partial charge is 0.242 e. The SMILES string of the molecule is COc1ccc(CC[C@H]2CCCN(C(=O)CN3CCCCC3=O)C2)cc1. The van der Waals surface area contributed by atoms with Gasteiger partial charge in [0.05, 0.1) is 13.7 Å². The summed E-state index contributed by atoms with van der Waals surface area (Å²) in [6, 6.07) is 8.24. The summed E-state index contributed by atoms with van der Waals surface area (Å²) in [5.41, 5.74) is 1.31. The van der Waals surface area contributed by atoms with Gasteiger partial charge in [-0.1, -0.05) is 12.1 Å². The number of piperidine rings is 2. The van der Waals surface area contributed by atoms with Crippen molar-refractivity contribution in [3.63, 3.8) is 0 Å². The number of amides is 2. The van der Waals surface area contributed by atoms with Crippen LogP contribution in [-0.2, 0) is 16.0 Å². The van der Waals surface area contributed by atoms with Crippen LogP contribution in [0.5, 0.6) is 5.75 Å². The van der Waals surface area contributed by atoms with Crippen molar-refractivity contribution in [2.75, 3.05) is 33.3 Å². The zero-order chi connectivity index (χ0) is 18.4. The molecule has 0 aliphatic carbocycles. The van der Waals surface area contributed by atoms with Crippen LogP contribution in [0.15, 0.2) is 24.3 Å². The monoisotopic (exact) mass is 358 g/mol. The highest BCUT2D eigenvalue weighted by molar-refractivity contribution is 5.85. The average Bonchev–Trinajstić information content (AvgIpc) is 2.69. The molecule has 2 aliphatic heterocycles. The molecule has 3 rings (SSSR count). The van der Waals surface area contributed by atoms with E-state index in [-0.39, 0.29) is 18.4 Å². The number of rotatable bonds is 6. The second-order valence-electron chi connectivity index (χ2n) is 7.51. The summed E-state index contributed by atoms with van der Waals surface area (Å²) in [6.07, 6.45) is 6.94. The Morgan fingerprint density at radius 1 is 1.15 bits per heavy atom. The number of hydrogen-bond acceptors (Lipinski definition) is 3. The molecule has 0 aromatic heterocycles. The van der Waals surface area contributed by atoms with Crippen molar-refractivity contribution in [3.05, 3.63) is 29.8 Å². The van der Waals surface area contributed by atoms with Crippen molar-refractivity contribution in [2.45, 2.75) is 44.9 Å². The third-order valence-electron chi connectivity index (χ3n) is 5.62. The highest BCUT2D eigenvalue weighted by Gasteiger charge is 2.27. The Bertz CT molecular complexity index is 614. The van der Waals surface area contributed by atoms with Crippen LogP contribution in [-0.4, -0.2) is 54.9 Å². The number of nitrogens with zero attached hydrogens (tertiary/aromatic N) is 2. The number of ether oxygens (including phenoxy) is 1. The van der Waals surface area contributed by atoms with E-state index in [2.05, 4.69) is 12.1 Å². The van der Waals surface area contributed by atoms with Crippen molar-refractivity contribution in [3.8, 4) is 5.75 Å². The zero-order valence-corrected chi connectivity index (χ0v) is 15.8. The standard InChI is InChI=1S/C21H30N2O3/c1-26-19-11-9-17(10-12-19)7-8-18-5-4-14-22(15-18)21(25)16-23-13-3-2-6-20(23)24/h9-12,18H,2-8,13-16H2,1H3/t18-/m1/s1. The molecule has 0 unspecified atom stereocenters. The summed E-state index contributed by atoms with van der Waals surface area (Å²) in [7, 11) is 1.68. The first-order valence-corrected chi connectivity index (χ1v) is 9.84. The minimum atomic E-state index is 0.120. The number of benzene rings is 1. The van der Waals surface area contributed by atoms with Crippen molar-refractivity contribution in [2.24, 2.45) is 5.92 Å². The van der Waals surface area contributed by atoms with Crippen LogP contribution < -0.4 is 4.74 Å². The number of hydrogen-bond donors (Lipinski definition) is 0. The molecule has 2 amide bonds. The van der Waals surface area contributed by atoms with Gasteiger partial charge < -0.3 is 14.5 Å². The van der Waals surface area contributed by atoms with Gasteiger partial charge in [0.2, 0.25) is 11.8 Å². The lowest BCUT2D eigenvalue weighted by atomic mass is 9.91. The van der Waals surface area contributed by atoms with Crippen LogP contribution in [0.4, 0.5) is 0 Å². The van der Waals surface area contributed by atoms with Gasteiger partial charge in [0.25, 0.3) is 0 Å². The maximum atomic E-state index is 12.6. The molecule has 2 aliphatic rings. The van der Waals surface area contributed by atoms with E-state index in [4.69, 9.17) is 4.74 Å². The van der Waals surface area contributed by atoms with Crippen LogP contribution in [0.25, 0.3) is 0 Å². The predicted molar refractivity (Wildman–Crippen MR) is 101 cm³/mol. The van der Waals surface area contributed by atoms with Gasteiger partial charge in [0, 0.05) is 26.1 Å². The minimum Gasteiger partial charge on any atom is -0.497 e. The Hall–Kier alpha value is -2.04. The largest absolute Gasteiger partial charge is 0.497 e. The van der Waals surface area contributed by atoms with Gasteiger partial charge in [-0.15, -0.1) is 0 Å². The average molecular weight is 358 g/mol. The minimum absolute atomic E-state index is 0.120. The second-order valence-corrected chi connectivity index (χ2v) is 7.51. The fraction of sp³-hybridized carbons (Fsp3) is 0.619. The normalized spacial score (nSPS) is 21.0. The number of aryl methyl sites for hydroxylation is 1. The van der Waals surface area contributed by atoms with Gasteiger partial charge >= 0.3 is 0 Å². The van der Waals surface area contributed by atoms with Crippen LogP contribution in [0, 0.1) is 5.92 Å². The molecular weight excluding hydrogens is 328 g/mol. The molecule has 2 fully saturated rings. The topological polar surface area (TPSA) is 49.9 Å². The Morgan fingerprint density at radius 2 is 1.96 bits per heavy atom. The zero-order valence-electron chi connectivity index (χ0n) is 15.8. The molecule has 2 heterocycles. The van der Waals surface area contributed by atoms with E-state index < -0.39 is 0 Å². The molecule has 0 spiro atoms. The molecule has 1 aromatic carbocycles. The Labute approximate surface area is 156 Å². The van der Waals surface area contributed by atoms with Gasteiger partial charge in [0.1, 0.15) is 5.75 Å². The molecule has 142 valence electrons. The first-order valence-electron chi connectivity index (χ1n) is 9.84. The lowest BCUT2D eigenvalue weighted by Crippen LogP contribution is -2.47. The number of methoxy groups -OCH3 is 1. The van der Waals surface area contributed by atoms with E-state index in [0.717, 1.165) is 57.5 Å². The summed E-state index contributed by atoms with van der Waals surface area (Å²) in [6.45, 7) is 2.67. The third kappa shape index (κ3) is 4.99. The number of carbonyl (C=O) groups excluding carboxylic acids is 2. The molecule has 5 nitrogen and oxygen atoms in total. The van der Waals surface area contributed by atoms with E-state index in [1.54, 1.807) is 12.0 Å². The fourth-order valence-electron chi connectivity index (χ4n) is 3.98. The van der Waals surface area contributed by atoms with Gasteiger partial charge in [-0.25, -0.2) is 0 Å². The lowest BCUT2D eigenvalue weighted by molar-refractivity contribution is -0.142. The van der Waals surface area contributed by atoms with E-state index in [1.165, 1.54) is 12.0 Å². The Kier molecular flexibility index (Phi) is 6.53. The molecule has 1 atom stereocenters. The maximum absolute atomic E-state index is 12.6. The second kappa shape index (κ2) is 9.06. The Morgan fingerprint density at radius 3 is 2.69 bits per heavy atom. The molecule has 0 saturated carbocycles. The third-order valence-corrected chi connectivity index (χ3v) is 5.62. The molecule has 26 heavy (non-hydrogen) atoms. The highest BCUT2D eigenvalue weighted by Crippen LogP contribution is 2.23. The first kappa shape index (κ1) is 18.7. The van der Waals surface area contributed by atoms with Crippen molar-refractivity contribution in [1.82, 2.24) is 9.80 Å². The molecule has 2 saturated heterocycles. The molecule has 0 N–H and O–H groups in total. The number of carbonyl (C=O) groups is 2. The molecule has 0 bridgehead atoms. The van der Waals surface area contributed by atoms with Crippen LogP contribution >= 0.6 is 0 Å².